The van der Waals surface area contributed by atoms with Crippen LogP contribution in [0.5, 0.6) is 5.88 Å². The molecule has 0 radical (unpaired) electrons. The van der Waals surface area contributed by atoms with Crippen LogP contribution in [0.4, 0.5) is 0 Å². The maximum Gasteiger partial charge on any atom is 0.254 e. The number of aromatic nitrogens is 1. The number of hydrogen-bond acceptors (Lipinski definition) is 4. The van der Waals surface area contributed by atoms with Gasteiger partial charge < -0.3 is 15.0 Å². The second-order valence-corrected chi connectivity index (χ2v) is 6.33. The minimum absolute atomic E-state index is 0.00194. The summed E-state index contributed by atoms with van der Waals surface area (Å²) in [7, 11) is 0. The molecule has 2 fully saturated rings. The van der Waals surface area contributed by atoms with E-state index < -0.39 is 0 Å². The van der Waals surface area contributed by atoms with Gasteiger partial charge in [-0.15, -0.1) is 0 Å². The van der Waals surface area contributed by atoms with Crippen LogP contribution in [-0.4, -0.2) is 46.4 Å². The van der Waals surface area contributed by atoms with Crippen LogP contribution in [-0.2, 0) is 4.79 Å². The van der Waals surface area contributed by atoms with Gasteiger partial charge in [0.2, 0.25) is 11.8 Å². The van der Waals surface area contributed by atoms with Crippen molar-refractivity contribution in [3.8, 4) is 5.88 Å². The van der Waals surface area contributed by atoms with Gasteiger partial charge in [0, 0.05) is 42.9 Å². The van der Waals surface area contributed by atoms with Crippen molar-refractivity contribution >= 4 is 11.8 Å². The highest BCUT2D eigenvalue weighted by Crippen LogP contribution is 2.30. The molecule has 3 atom stereocenters. The molecule has 0 saturated carbocycles. The van der Waals surface area contributed by atoms with Crippen molar-refractivity contribution in [1.29, 1.82) is 0 Å². The number of carbonyl (C=O) groups is 2. The van der Waals surface area contributed by atoms with Gasteiger partial charge in [-0.1, -0.05) is 6.92 Å². The van der Waals surface area contributed by atoms with E-state index in [-0.39, 0.29) is 30.0 Å². The Morgan fingerprint density at radius 2 is 2.26 bits per heavy atom. The van der Waals surface area contributed by atoms with Crippen molar-refractivity contribution in [1.82, 2.24) is 15.2 Å². The third-order valence-corrected chi connectivity index (χ3v) is 4.69. The van der Waals surface area contributed by atoms with Crippen LogP contribution >= 0.6 is 0 Å². The van der Waals surface area contributed by atoms with Crippen molar-refractivity contribution in [2.24, 2.45) is 0 Å². The highest BCUT2D eigenvalue weighted by Gasteiger charge is 2.40. The molecule has 2 amide bonds. The molecule has 1 aromatic rings. The first-order valence-corrected chi connectivity index (χ1v) is 8.30. The third kappa shape index (κ3) is 3.30. The first kappa shape index (κ1) is 15.8. The smallest absolute Gasteiger partial charge is 0.254 e. The van der Waals surface area contributed by atoms with Gasteiger partial charge >= 0.3 is 0 Å². The highest BCUT2D eigenvalue weighted by molar-refractivity contribution is 5.95. The lowest BCUT2D eigenvalue weighted by molar-refractivity contribution is -0.121. The lowest BCUT2D eigenvalue weighted by atomic mass is 10.1. The first-order valence-electron chi connectivity index (χ1n) is 8.30. The average Bonchev–Trinajstić information content (AvgIpc) is 2.86. The van der Waals surface area contributed by atoms with Crippen LogP contribution in [0.3, 0.4) is 0 Å². The molecule has 0 aromatic carbocycles. The maximum atomic E-state index is 12.9. The number of pyridine rings is 1. The summed E-state index contributed by atoms with van der Waals surface area (Å²) < 4.78 is 5.70. The molecule has 0 spiro atoms. The van der Waals surface area contributed by atoms with Crippen LogP contribution in [0.25, 0.3) is 0 Å². The fraction of sp³-hybridized carbons (Fsp3) is 0.588. The summed E-state index contributed by atoms with van der Waals surface area (Å²) in [5.74, 6) is 0.470. The lowest BCUT2D eigenvalue weighted by Gasteiger charge is -2.27. The molecule has 6 heteroatoms. The largest absolute Gasteiger partial charge is 0.475 e. The maximum absolute atomic E-state index is 12.9. The SMILES string of the molecule is CCC(C)Oc1cc(C(=O)N2C3CCC2CC(=O)NC3)ccn1. The van der Waals surface area contributed by atoms with E-state index in [4.69, 9.17) is 4.74 Å². The number of rotatable bonds is 4. The monoisotopic (exact) mass is 317 g/mol. The zero-order chi connectivity index (χ0) is 16.4. The van der Waals surface area contributed by atoms with E-state index in [1.54, 1.807) is 18.3 Å². The molecule has 2 aliphatic rings. The minimum Gasteiger partial charge on any atom is -0.475 e. The Morgan fingerprint density at radius 3 is 3.04 bits per heavy atom. The van der Waals surface area contributed by atoms with Gasteiger partial charge in [0.1, 0.15) is 0 Å². The molecule has 2 aliphatic heterocycles. The van der Waals surface area contributed by atoms with E-state index in [0.29, 0.717) is 24.4 Å². The van der Waals surface area contributed by atoms with Gasteiger partial charge in [-0.25, -0.2) is 4.98 Å². The average molecular weight is 317 g/mol. The fourth-order valence-electron chi connectivity index (χ4n) is 3.26. The lowest BCUT2D eigenvalue weighted by Crippen LogP contribution is -2.42. The molecule has 124 valence electrons. The van der Waals surface area contributed by atoms with Crippen LogP contribution in [0, 0.1) is 0 Å². The summed E-state index contributed by atoms with van der Waals surface area (Å²) in [6.07, 6.45) is 4.77. The fourth-order valence-corrected chi connectivity index (χ4v) is 3.26. The molecule has 3 unspecified atom stereocenters. The molecule has 2 bridgehead atoms. The summed E-state index contributed by atoms with van der Waals surface area (Å²) >= 11 is 0. The molecule has 6 nitrogen and oxygen atoms in total. The van der Waals surface area contributed by atoms with E-state index >= 15 is 0 Å². The molecular weight excluding hydrogens is 294 g/mol. The van der Waals surface area contributed by atoms with E-state index in [1.165, 1.54) is 0 Å². The topological polar surface area (TPSA) is 71.5 Å². The van der Waals surface area contributed by atoms with Gasteiger partial charge in [0.15, 0.2) is 0 Å². The Bertz CT molecular complexity index is 605. The van der Waals surface area contributed by atoms with E-state index in [0.717, 1.165) is 19.3 Å². The Labute approximate surface area is 136 Å². The van der Waals surface area contributed by atoms with Crippen molar-refractivity contribution in [3.63, 3.8) is 0 Å². The molecule has 0 aliphatic carbocycles. The summed E-state index contributed by atoms with van der Waals surface area (Å²) in [5.41, 5.74) is 0.574. The molecule has 2 saturated heterocycles. The summed E-state index contributed by atoms with van der Waals surface area (Å²) in [6, 6.07) is 3.51. The molecule has 23 heavy (non-hydrogen) atoms. The van der Waals surface area contributed by atoms with Crippen molar-refractivity contribution in [3.05, 3.63) is 23.9 Å². The second kappa shape index (κ2) is 6.56. The predicted molar refractivity (Wildman–Crippen MR) is 85.2 cm³/mol. The van der Waals surface area contributed by atoms with E-state index in [1.807, 2.05) is 18.7 Å². The summed E-state index contributed by atoms with van der Waals surface area (Å²) in [4.78, 5) is 30.7. The first-order chi connectivity index (χ1) is 11.1. The minimum atomic E-state index is -0.0367. The second-order valence-electron chi connectivity index (χ2n) is 6.33. The Hall–Kier alpha value is -2.11. The Morgan fingerprint density at radius 1 is 1.48 bits per heavy atom. The van der Waals surface area contributed by atoms with Crippen molar-refractivity contribution < 1.29 is 14.3 Å². The van der Waals surface area contributed by atoms with Crippen molar-refractivity contribution in [2.75, 3.05) is 6.54 Å². The number of hydrogen-bond donors (Lipinski definition) is 1. The summed E-state index contributed by atoms with van der Waals surface area (Å²) in [5, 5.41) is 2.89. The molecule has 1 N–H and O–H groups in total. The zero-order valence-electron chi connectivity index (χ0n) is 13.6. The van der Waals surface area contributed by atoms with Gasteiger partial charge in [0.25, 0.3) is 5.91 Å². The van der Waals surface area contributed by atoms with Crippen molar-refractivity contribution in [2.45, 2.75) is 57.7 Å². The van der Waals surface area contributed by atoms with Crippen LogP contribution < -0.4 is 10.1 Å². The molecular formula is C17H23N3O3. The number of carbonyl (C=O) groups excluding carboxylic acids is 2. The number of amides is 2. The van der Waals surface area contributed by atoms with Gasteiger partial charge in [0.05, 0.1) is 6.10 Å². The molecule has 1 aromatic heterocycles. The molecule has 3 rings (SSSR count). The standard InChI is InChI=1S/C17H23N3O3/c1-3-11(2)23-16-8-12(6-7-18-16)17(22)20-13-4-5-14(20)10-19-15(21)9-13/h6-8,11,13-14H,3-5,9-10H2,1-2H3,(H,19,21). The van der Waals surface area contributed by atoms with Gasteiger partial charge in [-0.2, -0.15) is 0 Å². The number of nitrogens with one attached hydrogen (secondary N) is 1. The molecule has 3 heterocycles. The number of ether oxygens (including phenoxy) is 1. The van der Waals surface area contributed by atoms with E-state index in [2.05, 4.69) is 10.3 Å². The van der Waals surface area contributed by atoms with E-state index in [9.17, 15) is 9.59 Å². The van der Waals surface area contributed by atoms with Crippen LogP contribution in [0.1, 0.15) is 49.9 Å². The third-order valence-electron chi connectivity index (χ3n) is 4.69. The summed E-state index contributed by atoms with van der Waals surface area (Å²) in [6.45, 7) is 4.56. The Balaban J connectivity index is 1.80. The van der Waals surface area contributed by atoms with Gasteiger partial charge in [-0.3, -0.25) is 9.59 Å². The quantitative estimate of drug-likeness (QED) is 0.918. The Kier molecular flexibility index (Phi) is 4.50. The predicted octanol–water partition coefficient (Wildman–Crippen LogP) is 1.75. The van der Waals surface area contributed by atoms with Crippen LogP contribution in [0.15, 0.2) is 18.3 Å². The zero-order valence-corrected chi connectivity index (χ0v) is 13.6. The normalized spacial score (nSPS) is 24.8. The van der Waals surface area contributed by atoms with Gasteiger partial charge in [-0.05, 0) is 32.3 Å². The number of nitrogens with zero attached hydrogens (tertiary/aromatic N) is 2. The highest BCUT2D eigenvalue weighted by atomic mass is 16.5. The van der Waals surface area contributed by atoms with Crippen LogP contribution in [0.2, 0.25) is 0 Å². The number of fused-ring (bicyclic) bond motifs is 2.